The maximum Gasteiger partial charge on any atom is 0.0457 e. The van der Waals surface area contributed by atoms with E-state index in [2.05, 4.69) is 40.8 Å². The Kier molecular flexibility index (Phi) is 6.31. The molecule has 0 bridgehead atoms. The molecule has 0 aliphatic carbocycles. The molecule has 19 heavy (non-hydrogen) atoms. The summed E-state index contributed by atoms with van der Waals surface area (Å²) in [6.45, 7) is 2.10. The number of aromatic amines is 1. The normalized spacial score (nSPS) is 11.2. The summed E-state index contributed by atoms with van der Waals surface area (Å²) in [5.74, 6) is 1.31. The van der Waals surface area contributed by atoms with Crippen molar-refractivity contribution in [3.8, 4) is 0 Å². The Morgan fingerprint density at radius 1 is 1.11 bits per heavy atom. The minimum Gasteiger partial charge on any atom is -0.361 e. The van der Waals surface area contributed by atoms with Crippen LogP contribution in [-0.2, 0) is 6.54 Å². The lowest BCUT2D eigenvalue weighted by atomic mass is 10.1. The Morgan fingerprint density at radius 2 is 2.00 bits per heavy atom. The lowest BCUT2D eigenvalue weighted by Gasteiger charge is -2.05. The van der Waals surface area contributed by atoms with Crippen molar-refractivity contribution in [2.75, 3.05) is 18.6 Å². The van der Waals surface area contributed by atoms with E-state index >= 15 is 0 Å². The van der Waals surface area contributed by atoms with E-state index in [1.807, 2.05) is 18.0 Å². The molecule has 0 atom stereocenters. The quantitative estimate of drug-likeness (QED) is 0.672. The number of unbranched alkanes of at least 4 members (excludes halogenated alkanes) is 3. The van der Waals surface area contributed by atoms with E-state index < -0.39 is 0 Å². The standard InChI is InChI=1S/C16H24N2S/c1-19-11-5-3-2-4-9-17-13-14-6-7-15-8-10-18-16(15)12-14/h6-8,10,12,17-18H,2-5,9,11,13H2,1H3. The van der Waals surface area contributed by atoms with Crippen LogP contribution in [0.2, 0.25) is 0 Å². The molecule has 2 nitrogen and oxygen atoms in total. The van der Waals surface area contributed by atoms with Gasteiger partial charge in [-0.1, -0.05) is 25.0 Å². The van der Waals surface area contributed by atoms with Gasteiger partial charge in [0, 0.05) is 18.3 Å². The van der Waals surface area contributed by atoms with Crippen molar-refractivity contribution in [3.63, 3.8) is 0 Å². The molecule has 2 aromatic rings. The van der Waals surface area contributed by atoms with Gasteiger partial charge in [-0.2, -0.15) is 11.8 Å². The first kappa shape index (κ1) is 14.5. The fraction of sp³-hybridized carbons (Fsp3) is 0.500. The summed E-state index contributed by atoms with van der Waals surface area (Å²) in [5, 5.41) is 4.82. The molecule has 0 unspecified atom stereocenters. The van der Waals surface area contributed by atoms with Gasteiger partial charge in [-0.05, 0) is 54.5 Å². The summed E-state index contributed by atoms with van der Waals surface area (Å²) < 4.78 is 0. The summed E-state index contributed by atoms with van der Waals surface area (Å²) in [5.41, 5.74) is 2.59. The van der Waals surface area contributed by atoms with Gasteiger partial charge >= 0.3 is 0 Å². The smallest absolute Gasteiger partial charge is 0.0457 e. The number of hydrogen-bond donors (Lipinski definition) is 2. The van der Waals surface area contributed by atoms with Gasteiger partial charge in [-0.25, -0.2) is 0 Å². The fourth-order valence-electron chi connectivity index (χ4n) is 2.29. The van der Waals surface area contributed by atoms with Crippen LogP contribution in [0.5, 0.6) is 0 Å². The van der Waals surface area contributed by atoms with Crippen molar-refractivity contribution in [1.29, 1.82) is 0 Å². The van der Waals surface area contributed by atoms with Crippen LogP contribution in [0.25, 0.3) is 10.9 Å². The fourth-order valence-corrected chi connectivity index (χ4v) is 2.78. The molecule has 1 heterocycles. The molecular formula is C16H24N2S. The average molecular weight is 276 g/mol. The summed E-state index contributed by atoms with van der Waals surface area (Å²) in [7, 11) is 0. The molecule has 0 radical (unpaired) electrons. The molecule has 1 aromatic heterocycles. The SMILES string of the molecule is CSCCCCCCNCc1ccc2cc[nH]c2c1. The van der Waals surface area contributed by atoms with E-state index in [1.54, 1.807) is 0 Å². The van der Waals surface area contributed by atoms with Crippen molar-refractivity contribution >= 4 is 22.7 Å². The van der Waals surface area contributed by atoms with Crippen molar-refractivity contribution < 1.29 is 0 Å². The second-order valence-electron chi connectivity index (χ2n) is 4.98. The molecule has 0 amide bonds. The van der Waals surface area contributed by atoms with Crippen LogP contribution in [0.3, 0.4) is 0 Å². The van der Waals surface area contributed by atoms with E-state index in [9.17, 15) is 0 Å². The number of hydrogen-bond acceptors (Lipinski definition) is 2. The van der Waals surface area contributed by atoms with E-state index in [-0.39, 0.29) is 0 Å². The molecular weight excluding hydrogens is 252 g/mol. The Bertz CT molecular complexity index is 478. The summed E-state index contributed by atoms with van der Waals surface area (Å²) in [6, 6.07) is 8.74. The third kappa shape index (κ3) is 4.92. The Balaban J connectivity index is 1.60. The lowest BCUT2D eigenvalue weighted by molar-refractivity contribution is 0.600. The van der Waals surface area contributed by atoms with E-state index in [0.29, 0.717) is 0 Å². The number of H-pyrrole nitrogens is 1. The van der Waals surface area contributed by atoms with Crippen molar-refractivity contribution in [2.24, 2.45) is 0 Å². The van der Waals surface area contributed by atoms with E-state index in [0.717, 1.165) is 13.1 Å². The molecule has 104 valence electrons. The zero-order valence-electron chi connectivity index (χ0n) is 11.7. The number of fused-ring (bicyclic) bond motifs is 1. The molecule has 3 heteroatoms. The highest BCUT2D eigenvalue weighted by Gasteiger charge is 1.97. The van der Waals surface area contributed by atoms with Crippen LogP contribution in [0.1, 0.15) is 31.2 Å². The van der Waals surface area contributed by atoms with Gasteiger partial charge in [0.15, 0.2) is 0 Å². The molecule has 0 aliphatic rings. The molecule has 0 saturated heterocycles. The first-order valence-corrected chi connectivity index (χ1v) is 8.55. The third-order valence-corrected chi connectivity index (χ3v) is 4.10. The number of aromatic nitrogens is 1. The molecule has 0 saturated carbocycles. The minimum atomic E-state index is 0.972. The zero-order valence-corrected chi connectivity index (χ0v) is 12.6. The average Bonchev–Trinajstić information content (AvgIpc) is 2.89. The van der Waals surface area contributed by atoms with Crippen LogP contribution < -0.4 is 5.32 Å². The number of nitrogens with one attached hydrogen (secondary N) is 2. The van der Waals surface area contributed by atoms with Crippen LogP contribution in [0, 0.1) is 0 Å². The minimum absolute atomic E-state index is 0.972. The lowest BCUT2D eigenvalue weighted by Crippen LogP contribution is -2.14. The first-order valence-electron chi connectivity index (χ1n) is 7.16. The molecule has 2 N–H and O–H groups in total. The summed E-state index contributed by atoms with van der Waals surface area (Å²) in [4.78, 5) is 3.26. The van der Waals surface area contributed by atoms with Gasteiger partial charge in [-0.3, -0.25) is 0 Å². The monoisotopic (exact) mass is 276 g/mol. The van der Waals surface area contributed by atoms with Gasteiger partial charge in [-0.15, -0.1) is 0 Å². The highest BCUT2D eigenvalue weighted by molar-refractivity contribution is 7.98. The Hall–Kier alpha value is -0.930. The maximum atomic E-state index is 3.53. The van der Waals surface area contributed by atoms with Crippen LogP contribution in [0.4, 0.5) is 0 Å². The van der Waals surface area contributed by atoms with E-state index in [4.69, 9.17) is 0 Å². The zero-order chi connectivity index (χ0) is 13.3. The largest absolute Gasteiger partial charge is 0.361 e. The van der Waals surface area contributed by atoms with Gasteiger partial charge in [0.1, 0.15) is 0 Å². The topological polar surface area (TPSA) is 27.8 Å². The molecule has 0 aliphatic heterocycles. The molecule has 0 spiro atoms. The number of rotatable bonds is 9. The summed E-state index contributed by atoms with van der Waals surface area (Å²) in [6.07, 6.45) is 9.56. The van der Waals surface area contributed by atoms with Gasteiger partial charge < -0.3 is 10.3 Å². The van der Waals surface area contributed by atoms with Crippen molar-refractivity contribution in [3.05, 3.63) is 36.0 Å². The first-order chi connectivity index (χ1) is 9.40. The molecule has 1 aromatic carbocycles. The second-order valence-corrected chi connectivity index (χ2v) is 5.97. The van der Waals surface area contributed by atoms with Crippen molar-refractivity contribution in [1.82, 2.24) is 10.3 Å². The van der Waals surface area contributed by atoms with E-state index in [1.165, 1.54) is 47.9 Å². The van der Waals surface area contributed by atoms with Crippen LogP contribution in [0.15, 0.2) is 30.5 Å². The predicted molar refractivity (Wildman–Crippen MR) is 86.9 cm³/mol. The Morgan fingerprint density at radius 3 is 2.89 bits per heavy atom. The number of benzene rings is 1. The highest BCUT2D eigenvalue weighted by Crippen LogP contribution is 2.13. The van der Waals surface area contributed by atoms with Gasteiger partial charge in [0.05, 0.1) is 0 Å². The molecule has 0 fully saturated rings. The Labute approximate surface area is 120 Å². The third-order valence-electron chi connectivity index (χ3n) is 3.40. The second kappa shape index (κ2) is 8.28. The van der Waals surface area contributed by atoms with Crippen LogP contribution >= 0.6 is 11.8 Å². The van der Waals surface area contributed by atoms with Crippen molar-refractivity contribution in [2.45, 2.75) is 32.2 Å². The molecule has 2 rings (SSSR count). The highest BCUT2D eigenvalue weighted by atomic mass is 32.2. The number of thioether (sulfide) groups is 1. The van der Waals surface area contributed by atoms with Gasteiger partial charge in [0.2, 0.25) is 0 Å². The maximum absolute atomic E-state index is 3.53. The van der Waals surface area contributed by atoms with Gasteiger partial charge in [0.25, 0.3) is 0 Å². The predicted octanol–water partition coefficient (Wildman–Crippen LogP) is 4.18. The van der Waals surface area contributed by atoms with Crippen LogP contribution in [-0.4, -0.2) is 23.5 Å². The summed E-state index contributed by atoms with van der Waals surface area (Å²) >= 11 is 1.95.